The molecule has 0 unspecified atom stereocenters. The van der Waals surface area contributed by atoms with Crippen molar-refractivity contribution in [3.05, 3.63) is 53.1 Å². The number of hydrogen-bond donors (Lipinski definition) is 3. The van der Waals surface area contributed by atoms with Gasteiger partial charge in [0.1, 0.15) is 11.5 Å². The third-order valence-corrected chi connectivity index (χ3v) is 2.66. The minimum atomic E-state index is -0.666. The summed E-state index contributed by atoms with van der Waals surface area (Å²) in [6.45, 7) is 0.0603. The summed E-state index contributed by atoms with van der Waals surface area (Å²) < 4.78 is 15.0. The predicted molar refractivity (Wildman–Crippen MR) is 67.9 cm³/mol. The molecule has 0 bridgehead atoms. The van der Waals surface area contributed by atoms with Gasteiger partial charge in [0.25, 0.3) is 11.8 Å². The first-order valence-corrected chi connectivity index (χ1v) is 5.64. The number of hydrazine groups is 1. The van der Waals surface area contributed by atoms with E-state index in [1.165, 1.54) is 35.1 Å². The van der Waals surface area contributed by atoms with Crippen molar-refractivity contribution in [1.29, 1.82) is 0 Å². The van der Waals surface area contributed by atoms with Crippen molar-refractivity contribution >= 4 is 11.8 Å². The molecule has 20 heavy (non-hydrogen) atoms. The molecule has 0 atom stereocenters. The lowest BCUT2D eigenvalue weighted by Crippen LogP contribution is -2.30. The molecule has 0 spiro atoms. The van der Waals surface area contributed by atoms with Crippen molar-refractivity contribution in [3.8, 4) is 0 Å². The topological polar surface area (TPSA) is 116 Å². The molecule has 1 aromatic carbocycles. The van der Waals surface area contributed by atoms with Crippen LogP contribution >= 0.6 is 0 Å². The van der Waals surface area contributed by atoms with Gasteiger partial charge < -0.3 is 5.73 Å². The lowest BCUT2D eigenvalue weighted by atomic mass is 10.1. The van der Waals surface area contributed by atoms with E-state index in [0.29, 0.717) is 0 Å². The molecular weight excluding hydrogens is 265 g/mol. The molecule has 7 nitrogen and oxygen atoms in total. The van der Waals surface area contributed by atoms with Gasteiger partial charge in [-0.05, 0) is 24.3 Å². The van der Waals surface area contributed by atoms with Gasteiger partial charge in [-0.2, -0.15) is 5.10 Å². The van der Waals surface area contributed by atoms with Gasteiger partial charge in [0.2, 0.25) is 0 Å². The highest BCUT2D eigenvalue weighted by atomic mass is 19.1. The molecule has 8 heteroatoms. The molecule has 2 aromatic rings. The van der Waals surface area contributed by atoms with Crippen LogP contribution in [0.2, 0.25) is 0 Å². The Morgan fingerprint density at radius 2 is 2.10 bits per heavy atom. The van der Waals surface area contributed by atoms with Gasteiger partial charge in [0.15, 0.2) is 0 Å². The molecule has 1 aromatic heterocycles. The summed E-state index contributed by atoms with van der Waals surface area (Å²) in [5.41, 5.74) is 7.60. The first kappa shape index (κ1) is 13.7. The maximum absolute atomic E-state index is 13.7. The minimum Gasteiger partial charge on any atom is -0.364 e. The van der Waals surface area contributed by atoms with E-state index >= 15 is 0 Å². The molecule has 1 heterocycles. The van der Waals surface area contributed by atoms with Crippen molar-refractivity contribution < 1.29 is 14.0 Å². The number of nitrogens with one attached hydrogen (secondary N) is 1. The van der Waals surface area contributed by atoms with Crippen LogP contribution < -0.4 is 17.0 Å². The Morgan fingerprint density at radius 3 is 2.70 bits per heavy atom. The van der Waals surface area contributed by atoms with E-state index in [2.05, 4.69) is 5.10 Å². The van der Waals surface area contributed by atoms with Gasteiger partial charge in [0.05, 0.1) is 6.54 Å². The van der Waals surface area contributed by atoms with Crippen LogP contribution in [-0.2, 0) is 6.54 Å². The Hall–Kier alpha value is -2.74. The second-order valence-electron chi connectivity index (χ2n) is 4.04. The molecule has 2 amide bonds. The molecule has 0 radical (unpaired) electrons. The van der Waals surface area contributed by atoms with Crippen LogP contribution in [0.5, 0.6) is 0 Å². The normalized spacial score (nSPS) is 10.3. The number of carbonyl (C=O) groups is 2. The number of halogens is 1. The molecule has 0 fully saturated rings. The number of carbonyl (C=O) groups excluding carboxylic acids is 2. The molecular formula is C12H12FN5O2. The fourth-order valence-electron chi connectivity index (χ4n) is 1.68. The first-order valence-electron chi connectivity index (χ1n) is 5.64. The van der Waals surface area contributed by atoms with Crippen LogP contribution in [0.1, 0.15) is 26.4 Å². The Balaban J connectivity index is 2.27. The highest BCUT2D eigenvalue weighted by Gasteiger charge is 2.11. The van der Waals surface area contributed by atoms with Crippen molar-refractivity contribution in [2.24, 2.45) is 11.6 Å². The third kappa shape index (κ3) is 2.81. The molecule has 0 aliphatic heterocycles. The van der Waals surface area contributed by atoms with Crippen molar-refractivity contribution in [2.75, 3.05) is 0 Å². The Morgan fingerprint density at radius 1 is 1.35 bits per heavy atom. The summed E-state index contributed by atoms with van der Waals surface area (Å²) in [7, 11) is 0. The van der Waals surface area contributed by atoms with Gasteiger partial charge in [0, 0.05) is 17.3 Å². The number of hydrogen-bond acceptors (Lipinski definition) is 4. The van der Waals surface area contributed by atoms with Gasteiger partial charge >= 0.3 is 0 Å². The number of benzene rings is 1. The molecule has 2 rings (SSSR count). The van der Waals surface area contributed by atoms with E-state index in [0.717, 1.165) is 0 Å². The van der Waals surface area contributed by atoms with Crippen LogP contribution in [0.3, 0.4) is 0 Å². The van der Waals surface area contributed by atoms with Gasteiger partial charge in [-0.1, -0.05) is 0 Å². The van der Waals surface area contributed by atoms with E-state index in [4.69, 9.17) is 11.6 Å². The highest BCUT2D eigenvalue weighted by molar-refractivity contribution is 5.93. The molecule has 5 N–H and O–H groups in total. The highest BCUT2D eigenvalue weighted by Crippen LogP contribution is 2.12. The largest absolute Gasteiger partial charge is 0.364 e. The fraction of sp³-hybridized carbons (Fsp3) is 0.0833. The molecule has 104 valence electrons. The summed E-state index contributed by atoms with van der Waals surface area (Å²) in [5.74, 6) is 3.34. The quantitative estimate of drug-likeness (QED) is 0.406. The zero-order chi connectivity index (χ0) is 14.7. The number of nitrogens with zero attached hydrogens (tertiary/aromatic N) is 2. The SMILES string of the molecule is NNC(=O)c1ccc(F)c(Cn2ccc(C(N)=O)n2)c1. The molecule has 0 saturated heterocycles. The Kier molecular flexibility index (Phi) is 3.76. The lowest BCUT2D eigenvalue weighted by Gasteiger charge is -2.06. The third-order valence-electron chi connectivity index (χ3n) is 2.66. The van der Waals surface area contributed by atoms with Gasteiger partial charge in [-0.15, -0.1) is 0 Å². The number of primary amides is 1. The number of amides is 2. The van der Waals surface area contributed by atoms with E-state index in [1.807, 2.05) is 5.43 Å². The van der Waals surface area contributed by atoms with Crippen LogP contribution in [0, 0.1) is 5.82 Å². The zero-order valence-electron chi connectivity index (χ0n) is 10.3. The Labute approximate surface area is 113 Å². The standard InChI is InChI=1S/C12H12FN5O2/c13-9-2-1-7(12(20)16-15)5-8(9)6-18-4-3-10(17-18)11(14)19/h1-5H,6,15H2,(H2,14,19)(H,16,20). The monoisotopic (exact) mass is 277 g/mol. The minimum absolute atomic E-state index is 0.0603. The second-order valence-corrected chi connectivity index (χ2v) is 4.04. The average molecular weight is 277 g/mol. The van der Waals surface area contributed by atoms with E-state index < -0.39 is 17.6 Å². The number of nitrogen functional groups attached to an aromatic ring is 1. The summed E-state index contributed by atoms with van der Waals surface area (Å²) in [5, 5.41) is 3.89. The van der Waals surface area contributed by atoms with Crippen LogP contribution in [0.15, 0.2) is 30.5 Å². The smallest absolute Gasteiger partial charge is 0.269 e. The van der Waals surface area contributed by atoms with Crippen LogP contribution in [0.25, 0.3) is 0 Å². The average Bonchev–Trinajstić information content (AvgIpc) is 2.89. The summed E-state index contributed by atoms with van der Waals surface area (Å²) in [4.78, 5) is 22.3. The second kappa shape index (κ2) is 5.49. The van der Waals surface area contributed by atoms with Gasteiger partial charge in [-0.3, -0.25) is 19.7 Å². The van der Waals surface area contributed by atoms with Crippen molar-refractivity contribution in [1.82, 2.24) is 15.2 Å². The molecule has 0 aliphatic rings. The van der Waals surface area contributed by atoms with Crippen molar-refractivity contribution in [3.63, 3.8) is 0 Å². The Bertz CT molecular complexity index is 668. The number of aromatic nitrogens is 2. The summed E-state index contributed by atoms with van der Waals surface area (Å²) in [6, 6.07) is 5.27. The van der Waals surface area contributed by atoms with Gasteiger partial charge in [-0.25, -0.2) is 10.2 Å². The van der Waals surface area contributed by atoms with E-state index in [-0.39, 0.29) is 23.4 Å². The van der Waals surface area contributed by atoms with E-state index in [9.17, 15) is 14.0 Å². The fourth-order valence-corrected chi connectivity index (χ4v) is 1.68. The van der Waals surface area contributed by atoms with Crippen LogP contribution in [0.4, 0.5) is 4.39 Å². The molecule has 0 aliphatic carbocycles. The maximum Gasteiger partial charge on any atom is 0.269 e. The molecule has 0 saturated carbocycles. The first-order chi connectivity index (χ1) is 9.51. The number of nitrogens with two attached hydrogens (primary N) is 2. The number of rotatable bonds is 4. The summed E-state index contributed by atoms with van der Waals surface area (Å²) >= 11 is 0. The zero-order valence-corrected chi connectivity index (χ0v) is 10.3. The van der Waals surface area contributed by atoms with E-state index in [1.54, 1.807) is 0 Å². The lowest BCUT2D eigenvalue weighted by molar-refractivity contribution is 0.0952. The summed E-state index contributed by atoms with van der Waals surface area (Å²) in [6.07, 6.45) is 1.50. The maximum atomic E-state index is 13.7. The van der Waals surface area contributed by atoms with Crippen molar-refractivity contribution in [2.45, 2.75) is 6.54 Å². The predicted octanol–water partition coefficient (Wildman–Crippen LogP) is -0.227. The van der Waals surface area contributed by atoms with Crippen LogP contribution in [-0.4, -0.2) is 21.6 Å².